The van der Waals surface area contributed by atoms with Gasteiger partial charge in [0.1, 0.15) is 5.78 Å². The minimum Gasteiger partial charge on any atom is -0.481 e. The van der Waals surface area contributed by atoms with Crippen LogP contribution >= 0.6 is 0 Å². The van der Waals surface area contributed by atoms with Crippen LogP contribution in [0, 0.1) is 46.3 Å². The number of hydrogen-bond donors (Lipinski definition) is 1. The second-order valence-electron chi connectivity index (χ2n) is 10.9. The number of Topliss-reactive ketones (excluding diaryl/α,β-unsaturated/α-hetero) is 1. The van der Waals surface area contributed by atoms with E-state index in [-0.39, 0.29) is 17.3 Å². The first kappa shape index (κ1) is 19.5. The van der Waals surface area contributed by atoms with Crippen molar-refractivity contribution < 1.29 is 14.7 Å². The molecule has 0 radical (unpaired) electrons. The Morgan fingerprint density at radius 3 is 2.48 bits per heavy atom. The summed E-state index contributed by atoms with van der Waals surface area (Å²) in [7, 11) is 0. The number of carbonyl (C=O) groups excluding carboxylic acids is 1. The topological polar surface area (TPSA) is 54.4 Å². The van der Waals surface area contributed by atoms with Crippen LogP contribution in [0.2, 0.25) is 0 Å². The molecule has 0 aromatic heterocycles. The standard InChI is InChI=1S/C24H38O3/c1-15-17-8-4-5-13-24(17,3)19-12-14-23(2)16(7-6-9-20(25)26)10-11-18(23)21(19)22(15)27/h15-19,21H,4-14H2,1-3H3,(H,25,26)/t15-,16?,17?,18?,19+,21?,23?,24?/m1/s1. The van der Waals surface area contributed by atoms with Crippen LogP contribution in [0.1, 0.15) is 91.4 Å². The van der Waals surface area contributed by atoms with E-state index < -0.39 is 5.97 Å². The fraction of sp³-hybridized carbons (Fsp3) is 0.917. The highest BCUT2D eigenvalue weighted by atomic mass is 16.4. The van der Waals surface area contributed by atoms with Gasteiger partial charge in [-0.25, -0.2) is 0 Å². The third kappa shape index (κ3) is 2.90. The number of fused-ring (bicyclic) bond motifs is 5. The Kier molecular flexibility index (Phi) is 4.96. The predicted octanol–water partition coefficient (Wildman–Crippen LogP) is 5.72. The van der Waals surface area contributed by atoms with E-state index in [2.05, 4.69) is 20.8 Å². The van der Waals surface area contributed by atoms with Crippen LogP contribution in [0.5, 0.6) is 0 Å². The van der Waals surface area contributed by atoms with Gasteiger partial charge in [0.05, 0.1) is 0 Å². The molecule has 3 nitrogen and oxygen atoms in total. The molecule has 4 fully saturated rings. The molecule has 4 aliphatic carbocycles. The van der Waals surface area contributed by atoms with Crippen molar-refractivity contribution in [1.29, 1.82) is 0 Å². The molecule has 0 aromatic carbocycles. The maximum atomic E-state index is 13.6. The van der Waals surface area contributed by atoms with Crippen LogP contribution in [0.4, 0.5) is 0 Å². The van der Waals surface area contributed by atoms with Crippen molar-refractivity contribution >= 4 is 11.8 Å². The zero-order valence-electron chi connectivity index (χ0n) is 17.5. The number of hydrogen-bond acceptors (Lipinski definition) is 2. The van der Waals surface area contributed by atoms with E-state index in [0.29, 0.717) is 41.3 Å². The average Bonchev–Trinajstić information content (AvgIpc) is 2.95. The van der Waals surface area contributed by atoms with Crippen molar-refractivity contribution in [3.05, 3.63) is 0 Å². The molecule has 1 N–H and O–H groups in total. The first-order valence-corrected chi connectivity index (χ1v) is 11.5. The lowest BCUT2D eigenvalue weighted by Gasteiger charge is -2.61. The zero-order valence-corrected chi connectivity index (χ0v) is 17.5. The average molecular weight is 375 g/mol. The van der Waals surface area contributed by atoms with E-state index in [1.54, 1.807) is 0 Å². The summed E-state index contributed by atoms with van der Waals surface area (Å²) in [6.45, 7) is 7.21. The normalized spacial score (nSPS) is 49.2. The Labute approximate surface area is 164 Å². The zero-order chi connectivity index (χ0) is 19.4. The molecule has 27 heavy (non-hydrogen) atoms. The molecule has 3 heteroatoms. The summed E-state index contributed by atoms with van der Waals surface area (Å²) in [5, 5.41) is 9.00. The first-order chi connectivity index (χ1) is 12.8. The Hall–Kier alpha value is -0.860. The lowest BCUT2D eigenvalue weighted by Crippen LogP contribution is -2.59. The molecule has 0 heterocycles. The molecule has 8 atom stereocenters. The van der Waals surface area contributed by atoms with Crippen molar-refractivity contribution in [2.45, 2.75) is 91.4 Å². The van der Waals surface area contributed by atoms with Crippen LogP contribution in [0.25, 0.3) is 0 Å². The van der Waals surface area contributed by atoms with Gasteiger partial charge in [0.25, 0.3) is 0 Å². The van der Waals surface area contributed by atoms with Gasteiger partial charge in [0.15, 0.2) is 0 Å². The van der Waals surface area contributed by atoms with Crippen LogP contribution in [0.15, 0.2) is 0 Å². The van der Waals surface area contributed by atoms with E-state index in [4.69, 9.17) is 5.11 Å². The van der Waals surface area contributed by atoms with Crippen molar-refractivity contribution in [1.82, 2.24) is 0 Å². The van der Waals surface area contributed by atoms with Gasteiger partial charge in [0, 0.05) is 18.3 Å². The van der Waals surface area contributed by atoms with E-state index in [1.807, 2.05) is 0 Å². The molecule has 4 rings (SSSR count). The Morgan fingerprint density at radius 2 is 1.74 bits per heavy atom. The lowest BCUT2D eigenvalue weighted by atomic mass is 9.42. The number of carboxylic acids is 1. The third-order valence-electron chi connectivity index (χ3n) is 9.97. The van der Waals surface area contributed by atoms with Gasteiger partial charge in [0.2, 0.25) is 0 Å². The van der Waals surface area contributed by atoms with Gasteiger partial charge < -0.3 is 5.11 Å². The number of carboxylic acid groups (broad SMARTS) is 1. The summed E-state index contributed by atoms with van der Waals surface area (Å²) in [6.07, 6.45) is 12.2. The van der Waals surface area contributed by atoms with Crippen molar-refractivity contribution in [3.63, 3.8) is 0 Å². The SMILES string of the molecule is C[C@H]1C(=O)C2C3CCC(CCCC(=O)O)C3(C)CC[C@@H]2C2(C)CCCCC12. The number of ketones is 1. The second-order valence-corrected chi connectivity index (χ2v) is 10.9. The summed E-state index contributed by atoms with van der Waals surface area (Å²) in [5.74, 6) is 2.80. The monoisotopic (exact) mass is 374 g/mol. The lowest BCUT2D eigenvalue weighted by molar-refractivity contribution is -0.165. The summed E-state index contributed by atoms with van der Waals surface area (Å²) < 4.78 is 0. The van der Waals surface area contributed by atoms with Crippen LogP contribution < -0.4 is 0 Å². The smallest absolute Gasteiger partial charge is 0.303 e. The highest BCUT2D eigenvalue weighted by Crippen LogP contribution is 2.67. The molecular weight excluding hydrogens is 336 g/mol. The molecule has 4 aliphatic rings. The maximum absolute atomic E-state index is 13.6. The van der Waals surface area contributed by atoms with Crippen molar-refractivity contribution in [2.24, 2.45) is 46.3 Å². The summed E-state index contributed by atoms with van der Waals surface area (Å²) in [6, 6.07) is 0. The molecule has 6 unspecified atom stereocenters. The van der Waals surface area contributed by atoms with Gasteiger partial charge in [-0.3, -0.25) is 9.59 Å². The molecule has 0 aromatic rings. The van der Waals surface area contributed by atoms with E-state index in [1.165, 1.54) is 51.4 Å². The second kappa shape index (κ2) is 6.88. The molecule has 0 saturated heterocycles. The number of rotatable bonds is 4. The molecule has 0 aliphatic heterocycles. The largest absolute Gasteiger partial charge is 0.481 e. The Balaban J connectivity index is 1.58. The van der Waals surface area contributed by atoms with E-state index in [9.17, 15) is 9.59 Å². The van der Waals surface area contributed by atoms with Crippen LogP contribution in [-0.2, 0) is 9.59 Å². The van der Waals surface area contributed by atoms with Crippen molar-refractivity contribution in [2.75, 3.05) is 0 Å². The highest BCUT2D eigenvalue weighted by Gasteiger charge is 2.63. The molecule has 0 spiro atoms. The minimum atomic E-state index is -0.675. The highest BCUT2D eigenvalue weighted by molar-refractivity contribution is 5.85. The van der Waals surface area contributed by atoms with Gasteiger partial charge >= 0.3 is 5.97 Å². The molecule has 0 amide bonds. The number of carbonyl (C=O) groups is 2. The number of aliphatic carboxylic acids is 1. The molecule has 4 saturated carbocycles. The van der Waals surface area contributed by atoms with E-state index in [0.717, 1.165) is 12.8 Å². The fourth-order valence-electron chi connectivity index (χ4n) is 8.53. The minimum absolute atomic E-state index is 0.241. The van der Waals surface area contributed by atoms with Crippen molar-refractivity contribution in [3.8, 4) is 0 Å². The van der Waals surface area contributed by atoms with Crippen LogP contribution in [-0.4, -0.2) is 16.9 Å². The third-order valence-corrected chi connectivity index (χ3v) is 9.97. The van der Waals surface area contributed by atoms with Gasteiger partial charge in [-0.2, -0.15) is 0 Å². The fourth-order valence-corrected chi connectivity index (χ4v) is 8.53. The van der Waals surface area contributed by atoms with Gasteiger partial charge in [-0.1, -0.05) is 33.6 Å². The summed E-state index contributed by atoms with van der Waals surface area (Å²) in [5.41, 5.74) is 0.631. The van der Waals surface area contributed by atoms with Crippen LogP contribution in [0.3, 0.4) is 0 Å². The molecule has 0 bridgehead atoms. The Morgan fingerprint density at radius 1 is 1.00 bits per heavy atom. The first-order valence-electron chi connectivity index (χ1n) is 11.5. The predicted molar refractivity (Wildman–Crippen MR) is 106 cm³/mol. The van der Waals surface area contributed by atoms with E-state index >= 15 is 0 Å². The summed E-state index contributed by atoms with van der Waals surface area (Å²) in [4.78, 5) is 24.5. The quantitative estimate of drug-likeness (QED) is 0.685. The van der Waals surface area contributed by atoms with Gasteiger partial charge in [-0.15, -0.1) is 0 Å². The maximum Gasteiger partial charge on any atom is 0.303 e. The molecule has 152 valence electrons. The Bertz CT molecular complexity index is 613. The molecular formula is C24H38O3. The van der Waals surface area contributed by atoms with Gasteiger partial charge in [-0.05, 0) is 85.9 Å². The summed E-state index contributed by atoms with van der Waals surface area (Å²) >= 11 is 0.